The highest BCUT2D eigenvalue weighted by molar-refractivity contribution is 6.01. The number of hydrogen-bond donors (Lipinski definition) is 3. The Morgan fingerprint density at radius 2 is 1.92 bits per heavy atom. The van der Waals surface area contributed by atoms with Crippen LogP contribution in [-0.4, -0.2) is 41.5 Å². The third-order valence-electron chi connectivity index (χ3n) is 4.64. The molecule has 1 aromatic heterocycles. The minimum atomic E-state index is -1.24. The van der Waals surface area contributed by atoms with Crippen LogP contribution in [0.4, 0.5) is 5.88 Å². The number of nitrogens with two attached hydrogens (primary N) is 1. The van der Waals surface area contributed by atoms with Crippen molar-refractivity contribution in [1.29, 1.82) is 0 Å². The van der Waals surface area contributed by atoms with Gasteiger partial charge < -0.3 is 20.6 Å². The van der Waals surface area contributed by atoms with Gasteiger partial charge in [0.05, 0.1) is 18.7 Å². The summed E-state index contributed by atoms with van der Waals surface area (Å²) in [6.07, 6.45) is 5.40. The van der Waals surface area contributed by atoms with Gasteiger partial charge in [-0.3, -0.25) is 19.3 Å². The number of carboxylic acids is 1. The first kappa shape index (κ1) is 17.5. The van der Waals surface area contributed by atoms with E-state index >= 15 is 0 Å². The van der Waals surface area contributed by atoms with Crippen molar-refractivity contribution in [2.24, 2.45) is 17.6 Å². The standard InChI is InChI=1S/C17H23N3O5/c18-12(8-15(22)23)17(24)20(14-2-1-7-25-14)9-13(21)19-16(10-3-4-10)11-5-6-11/h1-2,7,10-12,16H,3-6,8-9,18H2,(H,19,21)(H,22,23)/t12-/m0/s1. The van der Waals surface area contributed by atoms with Crippen LogP contribution in [0.1, 0.15) is 32.1 Å². The van der Waals surface area contributed by atoms with E-state index in [9.17, 15) is 14.4 Å². The number of amides is 2. The SMILES string of the molecule is N[C@@H](CC(=O)O)C(=O)N(CC(=O)NC(C1CC1)C1CC1)c1ccco1. The molecule has 0 spiro atoms. The summed E-state index contributed by atoms with van der Waals surface area (Å²) in [7, 11) is 0. The molecule has 2 fully saturated rings. The number of rotatable bonds is 9. The highest BCUT2D eigenvalue weighted by Gasteiger charge is 2.42. The van der Waals surface area contributed by atoms with Crippen LogP contribution in [0, 0.1) is 11.8 Å². The predicted octanol–water partition coefficient (Wildman–Crippen LogP) is 0.719. The molecule has 0 radical (unpaired) electrons. The highest BCUT2D eigenvalue weighted by atomic mass is 16.4. The molecular weight excluding hydrogens is 326 g/mol. The Bertz CT molecular complexity index is 625. The molecule has 8 heteroatoms. The van der Waals surface area contributed by atoms with Crippen molar-refractivity contribution in [2.45, 2.75) is 44.2 Å². The Balaban J connectivity index is 1.65. The number of carbonyl (C=O) groups is 3. The molecule has 0 unspecified atom stereocenters. The maximum absolute atomic E-state index is 12.5. The predicted molar refractivity (Wildman–Crippen MR) is 88.7 cm³/mol. The minimum Gasteiger partial charge on any atom is -0.481 e. The molecule has 0 aromatic carbocycles. The smallest absolute Gasteiger partial charge is 0.305 e. The van der Waals surface area contributed by atoms with Crippen molar-refractivity contribution in [3.8, 4) is 0 Å². The zero-order chi connectivity index (χ0) is 18.0. The lowest BCUT2D eigenvalue weighted by atomic mass is 10.1. The summed E-state index contributed by atoms with van der Waals surface area (Å²) in [5.41, 5.74) is 5.67. The number of nitrogens with zero attached hydrogens (tertiary/aromatic N) is 1. The van der Waals surface area contributed by atoms with Crippen molar-refractivity contribution >= 4 is 23.7 Å². The van der Waals surface area contributed by atoms with Crippen LogP contribution in [0.15, 0.2) is 22.8 Å². The van der Waals surface area contributed by atoms with Gasteiger partial charge in [0.15, 0.2) is 0 Å². The van der Waals surface area contributed by atoms with Gasteiger partial charge in [-0.25, -0.2) is 0 Å². The van der Waals surface area contributed by atoms with E-state index in [1.807, 2.05) is 0 Å². The third kappa shape index (κ3) is 4.60. The number of carboxylic acid groups (broad SMARTS) is 1. The Hall–Kier alpha value is -2.35. The topological polar surface area (TPSA) is 126 Å². The Morgan fingerprint density at radius 1 is 1.28 bits per heavy atom. The molecule has 1 aromatic rings. The maximum Gasteiger partial charge on any atom is 0.305 e. The molecule has 2 saturated carbocycles. The molecule has 2 aliphatic rings. The lowest BCUT2D eigenvalue weighted by Gasteiger charge is -2.24. The van der Waals surface area contributed by atoms with Crippen molar-refractivity contribution in [3.05, 3.63) is 18.4 Å². The average molecular weight is 349 g/mol. The van der Waals surface area contributed by atoms with Gasteiger partial charge in [0, 0.05) is 12.1 Å². The van der Waals surface area contributed by atoms with E-state index in [0.29, 0.717) is 11.8 Å². The summed E-state index contributed by atoms with van der Waals surface area (Å²) in [4.78, 5) is 36.9. The number of nitrogens with one attached hydrogen (secondary N) is 1. The van der Waals surface area contributed by atoms with Crippen LogP contribution in [0.5, 0.6) is 0 Å². The second-order valence-corrected chi connectivity index (χ2v) is 6.85. The zero-order valence-corrected chi connectivity index (χ0v) is 13.9. The van der Waals surface area contributed by atoms with Gasteiger partial charge in [-0.1, -0.05) is 0 Å². The molecule has 3 rings (SSSR count). The summed E-state index contributed by atoms with van der Waals surface area (Å²) >= 11 is 0. The van der Waals surface area contributed by atoms with Crippen molar-refractivity contribution < 1.29 is 23.9 Å². The molecule has 25 heavy (non-hydrogen) atoms. The Kier molecular flexibility index (Phi) is 5.08. The normalized spacial score (nSPS) is 18.0. The zero-order valence-electron chi connectivity index (χ0n) is 13.9. The van der Waals surface area contributed by atoms with Gasteiger partial charge >= 0.3 is 5.97 Å². The molecule has 8 nitrogen and oxygen atoms in total. The van der Waals surface area contributed by atoms with Gasteiger partial charge in [-0.2, -0.15) is 0 Å². The average Bonchev–Trinajstić information content (AvgIpc) is 3.48. The molecule has 136 valence electrons. The fourth-order valence-electron chi connectivity index (χ4n) is 3.07. The molecular formula is C17H23N3O5. The van der Waals surface area contributed by atoms with E-state index < -0.39 is 24.3 Å². The van der Waals surface area contributed by atoms with E-state index in [0.717, 1.165) is 30.6 Å². The summed E-state index contributed by atoms with van der Waals surface area (Å²) in [6, 6.07) is 2.07. The maximum atomic E-state index is 12.5. The second-order valence-electron chi connectivity index (χ2n) is 6.85. The summed E-state index contributed by atoms with van der Waals surface area (Å²) in [5, 5.41) is 11.9. The molecule has 0 saturated heterocycles. The number of anilines is 1. The number of carbonyl (C=O) groups excluding carboxylic acids is 2. The first-order valence-electron chi connectivity index (χ1n) is 8.57. The molecule has 0 bridgehead atoms. The largest absolute Gasteiger partial charge is 0.481 e. The highest BCUT2D eigenvalue weighted by Crippen LogP contribution is 2.44. The van der Waals surface area contributed by atoms with Crippen LogP contribution in [0.3, 0.4) is 0 Å². The molecule has 4 N–H and O–H groups in total. The molecule has 2 aliphatic carbocycles. The van der Waals surface area contributed by atoms with Gasteiger partial charge in [-0.05, 0) is 43.6 Å². The molecule has 0 aliphatic heterocycles. The fourth-order valence-corrected chi connectivity index (χ4v) is 3.07. The first-order chi connectivity index (χ1) is 12.0. The molecule has 1 heterocycles. The van der Waals surface area contributed by atoms with Gasteiger partial charge in [0.2, 0.25) is 17.7 Å². The van der Waals surface area contributed by atoms with Crippen molar-refractivity contribution in [3.63, 3.8) is 0 Å². The van der Waals surface area contributed by atoms with Gasteiger partial charge in [-0.15, -0.1) is 0 Å². The number of hydrogen-bond acceptors (Lipinski definition) is 5. The quantitative estimate of drug-likeness (QED) is 0.603. The van der Waals surface area contributed by atoms with E-state index in [4.69, 9.17) is 15.3 Å². The van der Waals surface area contributed by atoms with Crippen LogP contribution < -0.4 is 16.0 Å². The van der Waals surface area contributed by atoms with Crippen LogP contribution >= 0.6 is 0 Å². The van der Waals surface area contributed by atoms with Crippen LogP contribution in [0.2, 0.25) is 0 Å². The third-order valence-corrected chi connectivity index (χ3v) is 4.64. The first-order valence-corrected chi connectivity index (χ1v) is 8.57. The van der Waals surface area contributed by atoms with Gasteiger partial charge in [0.25, 0.3) is 0 Å². The van der Waals surface area contributed by atoms with Crippen LogP contribution in [-0.2, 0) is 14.4 Å². The lowest BCUT2D eigenvalue weighted by Crippen LogP contribution is -2.50. The minimum absolute atomic E-state index is 0.175. The van der Waals surface area contributed by atoms with E-state index in [1.165, 1.54) is 12.3 Å². The van der Waals surface area contributed by atoms with Crippen LogP contribution in [0.25, 0.3) is 0 Å². The number of furan rings is 1. The summed E-state index contributed by atoms with van der Waals surface area (Å²) in [6.45, 7) is -0.240. The van der Waals surface area contributed by atoms with E-state index in [1.54, 1.807) is 6.07 Å². The van der Waals surface area contributed by atoms with Crippen molar-refractivity contribution in [1.82, 2.24) is 5.32 Å². The van der Waals surface area contributed by atoms with Gasteiger partial charge in [0.1, 0.15) is 6.54 Å². The Labute approximate surface area is 145 Å². The van der Waals surface area contributed by atoms with E-state index in [2.05, 4.69) is 5.32 Å². The second kappa shape index (κ2) is 7.26. The van der Waals surface area contributed by atoms with Crippen molar-refractivity contribution in [2.75, 3.05) is 11.4 Å². The number of aliphatic carboxylic acids is 1. The molecule has 1 atom stereocenters. The summed E-state index contributed by atoms with van der Waals surface area (Å²) in [5.74, 6) is -0.849. The lowest BCUT2D eigenvalue weighted by molar-refractivity contribution is -0.139. The monoisotopic (exact) mass is 349 g/mol. The molecule has 2 amide bonds. The Morgan fingerprint density at radius 3 is 2.40 bits per heavy atom. The van der Waals surface area contributed by atoms with E-state index in [-0.39, 0.29) is 24.4 Å². The summed E-state index contributed by atoms with van der Waals surface area (Å²) < 4.78 is 5.22. The fraction of sp³-hybridized carbons (Fsp3) is 0.588.